The second kappa shape index (κ2) is 7.07. The summed E-state index contributed by atoms with van der Waals surface area (Å²) in [6, 6.07) is 13.6. The number of rotatable bonds is 3. The highest BCUT2D eigenvalue weighted by atomic mass is 16.6. The number of likely N-dealkylation sites (N-methyl/N-ethyl adjacent to an activating group) is 1. The van der Waals surface area contributed by atoms with Crippen LogP contribution in [0.2, 0.25) is 0 Å². The number of hydrogen-bond donors (Lipinski definition) is 0. The second-order valence-corrected chi connectivity index (χ2v) is 6.45. The molecule has 1 aliphatic heterocycles. The van der Waals surface area contributed by atoms with E-state index < -0.39 is 4.92 Å². The van der Waals surface area contributed by atoms with E-state index >= 15 is 0 Å². The lowest BCUT2D eigenvalue weighted by Gasteiger charge is -2.33. The molecule has 0 bridgehead atoms. The molecule has 140 valence electrons. The Hall–Kier alpha value is -3.81. The lowest BCUT2D eigenvalue weighted by molar-refractivity contribution is -0.384. The van der Waals surface area contributed by atoms with Crippen LogP contribution in [0.3, 0.4) is 0 Å². The van der Waals surface area contributed by atoms with Gasteiger partial charge in [-0.05, 0) is 35.9 Å². The third kappa shape index (κ3) is 3.27. The molecule has 2 aromatic carbocycles. The van der Waals surface area contributed by atoms with Gasteiger partial charge in [-0.2, -0.15) is 0 Å². The van der Waals surface area contributed by atoms with Gasteiger partial charge in [0, 0.05) is 38.3 Å². The predicted octanol–water partition coefficient (Wildman–Crippen LogP) is 3.03. The van der Waals surface area contributed by atoms with E-state index in [1.54, 1.807) is 23.1 Å². The molecule has 3 aromatic rings. The standard InChI is InChI=1S/C20H17N5O3/c1-23-12-13-24(20-19(23)21-16-4-2-3-5-17(16)22-20)18(26)11-8-14-6-9-15(10-7-14)25(27)28/h2-11H,12-13H2,1H3/b11-8+. The number of nitrogens with zero attached hydrogens (tertiary/aromatic N) is 5. The third-order valence-electron chi connectivity index (χ3n) is 4.60. The summed E-state index contributed by atoms with van der Waals surface area (Å²) in [6.45, 7) is 1.15. The molecule has 0 aliphatic carbocycles. The summed E-state index contributed by atoms with van der Waals surface area (Å²) in [5.74, 6) is 0.991. The largest absolute Gasteiger partial charge is 0.355 e. The van der Waals surface area contributed by atoms with Gasteiger partial charge in [0.05, 0.1) is 16.0 Å². The van der Waals surface area contributed by atoms with Crippen LogP contribution < -0.4 is 9.80 Å². The molecular weight excluding hydrogens is 358 g/mol. The number of hydrogen-bond acceptors (Lipinski definition) is 6. The molecule has 0 spiro atoms. The molecular formula is C20H17N5O3. The van der Waals surface area contributed by atoms with Gasteiger partial charge >= 0.3 is 0 Å². The number of carbonyl (C=O) groups excluding carboxylic acids is 1. The maximum Gasteiger partial charge on any atom is 0.269 e. The molecule has 1 amide bonds. The molecule has 0 unspecified atom stereocenters. The van der Waals surface area contributed by atoms with Crippen molar-refractivity contribution in [1.29, 1.82) is 0 Å². The number of anilines is 2. The first-order valence-corrected chi connectivity index (χ1v) is 8.75. The Bertz CT molecular complexity index is 1090. The maximum absolute atomic E-state index is 12.8. The van der Waals surface area contributed by atoms with Crippen LogP contribution in [-0.4, -0.2) is 40.9 Å². The fourth-order valence-corrected chi connectivity index (χ4v) is 3.06. The van der Waals surface area contributed by atoms with E-state index in [0.29, 0.717) is 30.3 Å². The number of non-ortho nitro benzene ring substituents is 1. The van der Waals surface area contributed by atoms with Gasteiger partial charge in [0.2, 0.25) is 0 Å². The first-order chi connectivity index (χ1) is 13.5. The summed E-state index contributed by atoms with van der Waals surface area (Å²) in [4.78, 5) is 36.0. The van der Waals surface area contributed by atoms with Crippen molar-refractivity contribution in [2.75, 3.05) is 29.9 Å². The highest BCUT2D eigenvalue weighted by molar-refractivity contribution is 6.05. The molecule has 8 heteroatoms. The lowest BCUT2D eigenvalue weighted by atomic mass is 10.2. The van der Waals surface area contributed by atoms with Crippen molar-refractivity contribution in [3.05, 3.63) is 70.3 Å². The van der Waals surface area contributed by atoms with E-state index in [1.807, 2.05) is 36.2 Å². The Morgan fingerprint density at radius 1 is 1.04 bits per heavy atom. The van der Waals surface area contributed by atoms with E-state index in [2.05, 4.69) is 9.97 Å². The minimum Gasteiger partial charge on any atom is -0.355 e. The highest BCUT2D eigenvalue weighted by Crippen LogP contribution is 2.30. The summed E-state index contributed by atoms with van der Waals surface area (Å²) >= 11 is 0. The molecule has 2 heterocycles. The van der Waals surface area contributed by atoms with Crippen molar-refractivity contribution in [2.24, 2.45) is 0 Å². The molecule has 0 fully saturated rings. The topological polar surface area (TPSA) is 92.5 Å². The molecule has 0 saturated carbocycles. The summed E-state index contributed by atoms with van der Waals surface area (Å²) < 4.78 is 0. The third-order valence-corrected chi connectivity index (χ3v) is 4.60. The Kier molecular flexibility index (Phi) is 4.44. The van der Waals surface area contributed by atoms with Crippen LogP contribution in [0.15, 0.2) is 54.6 Å². The molecule has 4 rings (SSSR count). The number of nitro benzene ring substituents is 1. The zero-order valence-corrected chi connectivity index (χ0v) is 15.1. The minimum atomic E-state index is -0.456. The van der Waals surface area contributed by atoms with Crippen molar-refractivity contribution < 1.29 is 9.72 Å². The van der Waals surface area contributed by atoms with Crippen LogP contribution in [0.4, 0.5) is 17.3 Å². The molecule has 28 heavy (non-hydrogen) atoms. The fourth-order valence-electron chi connectivity index (χ4n) is 3.06. The van der Waals surface area contributed by atoms with Gasteiger partial charge in [-0.3, -0.25) is 19.8 Å². The molecule has 0 radical (unpaired) electrons. The van der Waals surface area contributed by atoms with Gasteiger partial charge in [-0.25, -0.2) is 9.97 Å². The number of amides is 1. The first kappa shape index (κ1) is 17.6. The Labute approximate surface area is 160 Å². The number of para-hydroxylation sites is 2. The van der Waals surface area contributed by atoms with E-state index in [0.717, 1.165) is 11.0 Å². The Morgan fingerprint density at radius 3 is 2.32 bits per heavy atom. The van der Waals surface area contributed by atoms with E-state index in [-0.39, 0.29) is 11.6 Å². The Morgan fingerprint density at radius 2 is 1.68 bits per heavy atom. The van der Waals surface area contributed by atoms with Crippen LogP contribution in [0.5, 0.6) is 0 Å². The number of carbonyl (C=O) groups is 1. The Balaban J connectivity index is 1.62. The smallest absolute Gasteiger partial charge is 0.269 e. The summed E-state index contributed by atoms with van der Waals surface area (Å²) in [7, 11) is 1.93. The van der Waals surface area contributed by atoms with Crippen molar-refractivity contribution in [3.8, 4) is 0 Å². The van der Waals surface area contributed by atoms with Crippen molar-refractivity contribution >= 4 is 40.3 Å². The van der Waals surface area contributed by atoms with Crippen molar-refractivity contribution in [3.63, 3.8) is 0 Å². The van der Waals surface area contributed by atoms with E-state index in [1.165, 1.54) is 18.2 Å². The second-order valence-electron chi connectivity index (χ2n) is 6.45. The summed E-state index contributed by atoms with van der Waals surface area (Å²) in [5.41, 5.74) is 2.23. The number of fused-ring (bicyclic) bond motifs is 2. The van der Waals surface area contributed by atoms with Crippen LogP contribution in [0.25, 0.3) is 17.1 Å². The first-order valence-electron chi connectivity index (χ1n) is 8.75. The predicted molar refractivity (Wildman–Crippen MR) is 107 cm³/mol. The monoisotopic (exact) mass is 375 g/mol. The molecule has 1 aliphatic rings. The van der Waals surface area contributed by atoms with Gasteiger partial charge in [-0.1, -0.05) is 12.1 Å². The van der Waals surface area contributed by atoms with E-state index in [9.17, 15) is 14.9 Å². The SMILES string of the molecule is CN1CCN(C(=O)/C=C/c2ccc([N+](=O)[O-])cc2)c2nc3ccccc3nc21. The van der Waals surface area contributed by atoms with Gasteiger partial charge in [-0.15, -0.1) is 0 Å². The molecule has 0 N–H and O–H groups in total. The zero-order valence-electron chi connectivity index (χ0n) is 15.1. The summed E-state index contributed by atoms with van der Waals surface area (Å²) in [5, 5.41) is 10.7. The van der Waals surface area contributed by atoms with Crippen LogP contribution in [-0.2, 0) is 4.79 Å². The number of aromatic nitrogens is 2. The number of benzene rings is 2. The quantitative estimate of drug-likeness (QED) is 0.397. The average molecular weight is 375 g/mol. The molecule has 0 saturated heterocycles. The van der Waals surface area contributed by atoms with Gasteiger partial charge < -0.3 is 4.90 Å². The van der Waals surface area contributed by atoms with E-state index in [4.69, 9.17) is 0 Å². The van der Waals surface area contributed by atoms with Gasteiger partial charge in [0.1, 0.15) is 0 Å². The number of nitro groups is 1. The molecule has 1 aromatic heterocycles. The van der Waals surface area contributed by atoms with Crippen molar-refractivity contribution in [2.45, 2.75) is 0 Å². The minimum absolute atomic E-state index is 0.0126. The fraction of sp³-hybridized carbons (Fsp3) is 0.150. The van der Waals surface area contributed by atoms with Crippen LogP contribution in [0.1, 0.15) is 5.56 Å². The van der Waals surface area contributed by atoms with Gasteiger partial charge in [0.15, 0.2) is 11.6 Å². The lowest BCUT2D eigenvalue weighted by Crippen LogP contribution is -2.43. The molecule has 0 atom stereocenters. The van der Waals surface area contributed by atoms with Crippen molar-refractivity contribution in [1.82, 2.24) is 9.97 Å². The van der Waals surface area contributed by atoms with Crippen LogP contribution in [0, 0.1) is 10.1 Å². The molecule has 8 nitrogen and oxygen atoms in total. The average Bonchev–Trinajstić information content (AvgIpc) is 2.71. The normalized spacial score (nSPS) is 13.8. The van der Waals surface area contributed by atoms with Gasteiger partial charge in [0.25, 0.3) is 11.6 Å². The summed E-state index contributed by atoms with van der Waals surface area (Å²) in [6.07, 6.45) is 3.09. The maximum atomic E-state index is 12.8. The highest BCUT2D eigenvalue weighted by Gasteiger charge is 2.27. The zero-order chi connectivity index (χ0) is 19.7. The van der Waals surface area contributed by atoms with Crippen LogP contribution >= 0.6 is 0 Å².